The molecule has 0 bridgehead atoms. The summed E-state index contributed by atoms with van der Waals surface area (Å²) >= 11 is 6.37. The van der Waals surface area contributed by atoms with Gasteiger partial charge < -0.3 is 24.6 Å². The number of hydrogen-bond donors (Lipinski definition) is 3. The van der Waals surface area contributed by atoms with Crippen LogP contribution in [0.25, 0.3) is 11.3 Å². The van der Waals surface area contributed by atoms with Gasteiger partial charge in [0.05, 0.1) is 20.3 Å². The molecule has 0 aliphatic carbocycles. The van der Waals surface area contributed by atoms with Crippen molar-refractivity contribution >= 4 is 17.5 Å². The summed E-state index contributed by atoms with van der Waals surface area (Å²) in [5, 5.41) is 28.7. The summed E-state index contributed by atoms with van der Waals surface area (Å²) in [5.74, 6) is 0.755. The summed E-state index contributed by atoms with van der Waals surface area (Å²) in [6.07, 6.45) is 0. The molecule has 2 heterocycles. The van der Waals surface area contributed by atoms with Gasteiger partial charge in [-0.15, -0.1) is 0 Å². The number of aromatic amines is 1. The minimum absolute atomic E-state index is 0.00860. The van der Waals surface area contributed by atoms with E-state index in [1.54, 1.807) is 43.2 Å². The number of halogens is 1. The minimum Gasteiger partial charge on any atom is -0.507 e. The molecule has 3 aromatic carbocycles. The molecule has 1 amide bonds. The topological polar surface area (TPSA) is 108 Å². The quantitative estimate of drug-likeness (QED) is 0.332. The lowest BCUT2D eigenvalue weighted by Crippen LogP contribution is -2.29. The van der Waals surface area contributed by atoms with Crippen molar-refractivity contribution in [3.05, 3.63) is 87.6 Å². The zero-order valence-electron chi connectivity index (χ0n) is 19.9. The van der Waals surface area contributed by atoms with Gasteiger partial charge in [-0.1, -0.05) is 29.8 Å². The third kappa shape index (κ3) is 3.89. The van der Waals surface area contributed by atoms with Crippen molar-refractivity contribution in [3.8, 4) is 34.3 Å². The van der Waals surface area contributed by atoms with E-state index in [0.717, 1.165) is 16.9 Å². The third-order valence-electron chi connectivity index (χ3n) is 6.43. The Morgan fingerprint density at radius 1 is 1.03 bits per heavy atom. The van der Waals surface area contributed by atoms with E-state index in [-0.39, 0.29) is 23.2 Å². The van der Waals surface area contributed by atoms with E-state index < -0.39 is 6.04 Å². The molecular weight excluding hydrogens is 482 g/mol. The molecule has 1 aromatic heterocycles. The molecule has 0 fully saturated rings. The van der Waals surface area contributed by atoms with Gasteiger partial charge in [-0.05, 0) is 60.0 Å². The maximum Gasteiger partial charge on any atom is 0.273 e. The van der Waals surface area contributed by atoms with E-state index in [2.05, 4.69) is 10.2 Å². The number of amides is 1. The van der Waals surface area contributed by atoms with Crippen LogP contribution in [0.3, 0.4) is 0 Å². The Kier molecular flexibility index (Phi) is 5.97. The van der Waals surface area contributed by atoms with Crippen molar-refractivity contribution in [1.29, 1.82) is 0 Å². The number of carbonyl (C=O) groups excluding carboxylic acids is 1. The van der Waals surface area contributed by atoms with E-state index in [0.29, 0.717) is 39.6 Å². The normalized spacial score (nSPS) is 14.7. The standard InChI is InChI=1S/C27H24ClN3O5/c1-14-10-21(33)18(12-19(14)28)24-23-25(30-29-24)27(34)31(13-15-4-7-17(35-2)8-5-15)26(23)16-6-9-20(32)22(11-16)36-3/h4-12,26,32-33H,13H2,1-3H3,(H,29,30). The second-order valence-corrected chi connectivity index (χ2v) is 9.00. The number of hydrogen-bond acceptors (Lipinski definition) is 6. The largest absolute Gasteiger partial charge is 0.507 e. The average molecular weight is 506 g/mol. The molecule has 5 rings (SSSR count). The fourth-order valence-electron chi connectivity index (χ4n) is 4.56. The lowest BCUT2D eigenvalue weighted by Gasteiger charge is -2.27. The molecule has 4 aromatic rings. The van der Waals surface area contributed by atoms with Gasteiger partial charge in [-0.3, -0.25) is 9.89 Å². The van der Waals surface area contributed by atoms with Crippen LogP contribution in [0.1, 0.15) is 38.8 Å². The van der Waals surface area contributed by atoms with Gasteiger partial charge in [0, 0.05) is 22.7 Å². The van der Waals surface area contributed by atoms with Crippen LogP contribution >= 0.6 is 11.6 Å². The van der Waals surface area contributed by atoms with Crippen LogP contribution in [0.15, 0.2) is 54.6 Å². The Hall–Kier alpha value is -4.17. The first-order chi connectivity index (χ1) is 17.3. The van der Waals surface area contributed by atoms with Crippen LogP contribution in [0.2, 0.25) is 5.02 Å². The Morgan fingerprint density at radius 2 is 1.78 bits per heavy atom. The molecule has 1 aliphatic rings. The Morgan fingerprint density at radius 3 is 2.47 bits per heavy atom. The number of H-pyrrole nitrogens is 1. The lowest BCUT2D eigenvalue weighted by atomic mass is 9.94. The van der Waals surface area contributed by atoms with Crippen molar-refractivity contribution in [2.45, 2.75) is 19.5 Å². The molecule has 1 aliphatic heterocycles. The highest BCUT2D eigenvalue weighted by Gasteiger charge is 2.42. The fourth-order valence-corrected chi connectivity index (χ4v) is 4.72. The number of phenolic OH excluding ortho intramolecular Hbond substituents is 2. The number of carbonyl (C=O) groups is 1. The molecule has 0 saturated heterocycles. The molecular formula is C27H24ClN3O5. The van der Waals surface area contributed by atoms with Crippen molar-refractivity contribution in [3.63, 3.8) is 0 Å². The number of aromatic hydroxyl groups is 2. The maximum atomic E-state index is 13.6. The number of phenols is 2. The third-order valence-corrected chi connectivity index (χ3v) is 6.83. The first kappa shape index (κ1) is 23.6. The summed E-state index contributed by atoms with van der Waals surface area (Å²) in [7, 11) is 3.07. The number of ether oxygens (including phenoxy) is 2. The van der Waals surface area contributed by atoms with E-state index >= 15 is 0 Å². The van der Waals surface area contributed by atoms with Gasteiger partial charge in [0.25, 0.3) is 5.91 Å². The van der Waals surface area contributed by atoms with Crippen molar-refractivity contribution in [2.24, 2.45) is 0 Å². The predicted octanol–water partition coefficient (Wildman–Crippen LogP) is 5.21. The summed E-state index contributed by atoms with van der Waals surface area (Å²) in [6.45, 7) is 2.10. The minimum atomic E-state index is -0.572. The van der Waals surface area contributed by atoms with Crippen LogP contribution in [0.4, 0.5) is 0 Å². The van der Waals surface area contributed by atoms with Crippen LogP contribution in [0, 0.1) is 6.92 Å². The maximum absolute atomic E-state index is 13.6. The number of nitrogens with one attached hydrogen (secondary N) is 1. The Balaban J connectivity index is 1.67. The molecule has 1 unspecified atom stereocenters. The van der Waals surface area contributed by atoms with E-state index in [4.69, 9.17) is 21.1 Å². The molecule has 36 heavy (non-hydrogen) atoms. The highest BCUT2D eigenvalue weighted by atomic mass is 35.5. The number of methoxy groups -OCH3 is 2. The van der Waals surface area contributed by atoms with E-state index in [9.17, 15) is 15.0 Å². The number of aromatic nitrogens is 2. The fraction of sp³-hybridized carbons (Fsp3) is 0.185. The van der Waals surface area contributed by atoms with Crippen molar-refractivity contribution in [2.75, 3.05) is 14.2 Å². The molecule has 184 valence electrons. The first-order valence-corrected chi connectivity index (χ1v) is 11.6. The summed E-state index contributed by atoms with van der Waals surface area (Å²) < 4.78 is 10.6. The van der Waals surface area contributed by atoms with Crippen molar-refractivity contribution in [1.82, 2.24) is 15.1 Å². The smallest absolute Gasteiger partial charge is 0.273 e. The molecule has 3 N–H and O–H groups in total. The first-order valence-electron chi connectivity index (χ1n) is 11.2. The molecule has 8 nitrogen and oxygen atoms in total. The molecule has 0 spiro atoms. The number of nitrogens with zero attached hydrogens (tertiary/aromatic N) is 2. The van der Waals surface area contributed by atoms with Crippen LogP contribution in [-0.4, -0.2) is 45.4 Å². The molecule has 1 atom stereocenters. The van der Waals surface area contributed by atoms with Crippen LogP contribution < -0.4 is 9.47 Å². The summed E-state index contributed by atoms with van der Waals surface area (Å²) in [5.41, 5.74) is 4.11. The van der Waals surface area contributed by atoms with Crippen LogP contribution in [0.5, 0.6) is 23.0 Å². The second kappa shape index (κ2) is 9.13. The Labute approximate surface area is 212 Å². The Bertz CT molecular complexity index is 1470. The second-order valence-electron chi connectivity index (χ2n) is 8.59. The van der Waals surface area contributed by atoms with Gasteiger partial charge in [0.15, 0.2) is 11.5 Å². The van der Waals surface area contributed by atoms with Crippen molar-refractivity contribution < 1.29 is 24.5 Å². The number of rotatable bonds is 6. The summed E-state index contributed by atoms with van der Waals surface area (Å²) in [6, 6.07) is 15.1. The monoisotopic (exact) mass is 505 g/mol. The molecule has 9 heteroatoms. The molecule has 0 radical (unpaired) electrons. The van der Waals surface area contributed by atoms with E-state index in [1.165, 1.54) is 13.2 Å². The lowest BCUT2D eigenvalue weighted by molar-refractivity contribution is 0.0730. The van der Waals surface area contributed by atoms with Gasteiger partial charge in [0.2, 0.25) is 0 Å². The number of benzene rings is 3. The van der Waals surface area contributed by atoms with Gasteiger partial charge in [-0.25, -0.2) is 0 Å². The van der Waals surface area contributed by atoms with Gasteiger partial charge in [0.1, 0.15) is 22.9 Å². The predicted molar refractivity (Wildman–Crippen MR) is 135 cm³/mol. The summed E-state index contributed by atoms with van der Waals surface area (Å²) in [4.78, 5) is 15.4. The molecule has 0 saturated carbocycles. The SMILES string of the molecule is COc1ccc(CN2C(=O)c3[nH]nc(-c4cc(Cl)c(C)cc4O)c3C2c2ccc(O)c(OC)c2)cc1. The van der Waals surface area contributed by atoms with Gasteiger partial charge in [-0.2, -0.15) is 5.10 Å². The number of fused-ring (bicyclic) bond motifs is 1. The zero-order valence-corrected chi connectivity index (χ0v) is 20.6. The zero-order chi connectivity index (χ0) is 25.6. The average Bonchev–Trinajstić information content (AvgIpc) is 3.41. The van der Waals surface area contributed by atoms with E-state index in [1.807, 2.05) is 24.3 Å². The highest BCUT2D eigenvalue weighted by Crippen LogP contribution is 2.47. The van der Waals surface area contributed by atoms with Gasteiger partial charge >= 0.3 is 0 Å². The van der Waals surface area contributed by atoms with Crippen LogP contribution in [-0.2, 0) is 6.54 Å². The number of aryl methyl sites for hydroxylation is 1. The highest BCUT2D eigenvalue weighted by molar-refractivity contribution is 6.31.